The molecular formula is C3H8Cl2O2. The molecule has 46 valence electrons. The van der Waals surface area contributed by atoms with Gasteiger partial charge in [-0.1, -0.05) is 0 Å². The molecule has 7 heavy (non-hydrogen) atoms. The van der Waals surface area contributed by atoms with E-state index in [-0.39, 0.29) is 12.4 Å². The molecule has 0 bridgehead atoms. The van der Waals surface area contributed by atoms with Gasteiger partial charge in [-0.25, -0.2) is 0 Å². The van der Waals surface area contributed by atoms with Gasteiger partial charge in [-0.15, -0.1) is 24.0 Å². The standard InChI is InChI=1S/C2H4O2.CH3Cl.ClH/c1-2(3)4;1-2;/h1H3,(H,3,4);1H3;1H. The molecule has 0 atom stereocenters. The van der Waals surface area contributed by atoms with E-state index >= 15 is 0 Å². The number of aliphatic carboxylic acids is 1. The highest BCUT2D eigenvalue weighted by Crippen LogP contribution is 1.42. The van der Waals surface area contributed by atoms with Crippen molar-refractivity contribution in [3.63, 3.8) is 0 Å². The first-order chi connectivity index (χ1) is 2.73. The van der Waals surface area contributed by atoms with Gasteiger partial charge in [-0.3, -0.25) is 4.79 Å². The largest absolute Gasteiger partial charge is 0.481 e. The Morgan fingerprint density at radius 2 is 1.57 bits per heavy atom. The lowest BCUT2D eigenvalue weighted by atomic mass is 10.9. The van der Waals surface area contributed by atoms with Crippen molar-refractivity contribution in [1.82, 2.24) is 0 Å². The highest BCUT2D eigenvalue weighted by molar-refractivity contribution is 6.15. The van der Waals surface area contributed by atoms with E-state index in [1.54, 1.807) is 0 Å². The van der Waals surface area contributed by atoms with Crippen LogP contribution in [0, 0.1) is 0 Å². The summed E-state index contributed by atoms with van der Waals surface area (Å²) in [7, 11) is 0. The zero-order valence-corrected chi connectivity index (χ0v) is 5.71. The molecule has 2 nitrogen and oxygen atoms in total. The fourth-order valence-corrected chi connectivity index (χ4v) is 0. The van der Waals surface area contributed by atoms with Crippen molar-refractivity contribution in [3.05, 3.63) is 0 Å². The van der Waals surface area contributed by atoms with Gasteiger partial charge >= 0.3 is 0 Å². The van der Waals surface area contributed by atoms with Gasteiger partial charge in [0.05, 0.1) is 0 Å². The molecule has 0 aliphatic rings. The van der Waals surface area contributed by atoms with E-state index in [9.17, 15) is 0 Å². The van der Waals surface area contributed by atoms with Crippen LogP contribution in [0.2, 0.25) is 0 Å². The SMILES string of the molecule is CC(=O)O.CCl.Cl. The van der Waals surface area contributed by atoms with Crippen LogP contribution in [0.1, 0.15) is 6.92 Å². The molecule has 0 amide bonds. The number of carboxylic acid groups (broad SMARTS) is 1. The second kappa shape index (κ2) is 16.6. The molecule has 0 aliphatic carbocycles. The van der Waals surface area contributed by atoms with Gasteiger partial charge in [0.1, 0.15) is 0 Å². The van der Waals surface area contributed by atoms with Crippen LogP contribution >= 0.6 is 24.0 Å². The van der Waals surface area contributed by atoms with Crippen molar-refractivity contribution in [2.45, 2.75) is 6.92 Å². The molecule has 1 N–H and O–H groups in total. The smallest absolute Gasteiger partial charge is 0.300 e. The Kier molecular flexibility index (Phi) is 37.3. The molecule has 0 fully saturated rings. The molecule has 0 saturated carbocycles. The minimum absolute atomic E-state index is 0. The Bertz CT molecular complexity index is 33.9. The maximum atomic E-state index is 9.00. The van der Waals surface area contributed by atoms with E-state index in [0.29, 0.717) is 0 Å². The first kappa shape index (κ1) is 15.7. The predicted octanol–water partition coefficient (Wildman–Crippen LogP) is 1.37. The molecule has 4 heteroatoms. The summed E-state index contributed by atoms with van der Waals surface area (Å²) in [4.78, 5) is 9.00. The molecule has 0 saturated heterocycles. The molecular weight excluding hydrogens is 139 g/mol. The maximum absolute atomic E-state index is 9.00. The van der Waals surface area contributed by atoms with E-state index in [1.165, 1.54) is 6.38 Å². The molecule has 0 heterocycles. The van der Waals surface area contributed by atoms with Crippen LogP contribution in [-0.4, -0.2) is 17.5 Å². The van der Waals surface area contributed by atoms with E-state index < -0.39 is 5.97 Å². The number of carbonyl (C=O) groups is 1. The molecule has 0 rings (SSSR count). The van der Waals surface area contributed by atoms with E-state index in [4.69, 9.17) is 9.90 Å². The molecule has 0 aromatic heterocycles. The van der Waals surface area contributed by atoms with Crippen LogP contribution in [0.5, 0.6) is 0 Å². The summed E-state index contributed by atoms with van der Waals surface area (Å²) in [6.07, 6.45) is 1.47. The van der Waals surface area contributed by atoms with Gasteiger partial charge in [-0.2, -0.15) is 0 Å². The van der Waals surface area contributed by atoms with Gasteiger partial charge < -0.3 is 5.11 Å². The first-order valence-electron chi connectivity index (χ1n) is 1.31. The number of alkyl halides is 1. The van der Waals surface area contributed by atoms with Crippen LogP contribution in [-0.2, 0) is 4.79 Å². The summed E-state index contributed by atoms with van der Waals surface area (Å²) in [6, 6.07) is 0. The van der Waals surface area contributed by atoms with Crippen LogP contribution in [0.4, 0.5) is 0 Å². The normalized spacial score (nSPS) is 4.43. The second-order valence-corrected chi connectivity index (χ2v) is 0.519. The molecule has 0 aliphatic heterocycles. The number of hydrogen-bond acceptors (Lipinski definition) is 1. The minimum atomic E-state index is -0.833. The fraction of sp³-hybridized carbons (Fsp3) is 0.667. The Balaban J connectivity index is -0.0000000480. The quantitative estimate of drug-likeness (QED) is 0.525. The van der Waals surface area contributed by atoms with Crippen molar-refractivity contribution < 1.29 is 9.90 Å². The van der Waals surface area contributed by atoms with Gasteiger partial charge in [-0.05, 0) is 0 Å². The van der Waals surface area contributed by atoms with Crippen molar-refractivity contribution in [3.8, 4) is 0 Å². The van der Waals surface area contributed by atoms with E-state index in [2.05, 4.69) is 11.6 Å². The lowest BCUT2D eigenvalue weighted by molar-refractivity contribution is -0.134. The lowest BCUT2D eigenvalue weighted by Crippen LogP contribution is -1.78. The third-order valence-electron chi connectivity index (χ3n) is 0. The van der Waals surface area contributed by atoms with Crippen LogP contribution in [0.3, 0.4) is 0 Å². The topological polar surface area (TPSA) is 37.3 Å². The third-order valence-corrected chi connectivity index (χ3v) is 0. The van der Waals surface area contributed by atoms with E-state index in [0.717, 1.165) is 6.92 Å². The zero-order chi connectivity index (χ0) is 5.58. The maximum Gasteiger partial charge on any atom is 0.300 e. The molecule has 0 unspecified atom stereocenters. The summed E-state index contributed by atoms with van der Waals surface area (Å²) in [5.41, 5.74) is 0. The molecule has 0 spiro atoms. The number of hydrogen-bond donors (Lipinski definition) is 1. The predicted molar refractivity (Wildman–Crippen MR) is 32.3 cm³/mol. The molecule has 0 aromatic rings. The van der Waals surface area contributed by atoms with Crippen molar-refractivity contribution >= 4 is 30.0 Å². The fourth-order valence-electron chi connectivity index (χ4n) is 0. The Morgan fingerprint density at radius 3 is 1.57 bits per heavy atom. The van der Waals surface area contributed by atoms with E-state index in [1.807, 2.05) is 0 Å². The van der Waals surface area contributed by atoms with Crippen molar-refractivity contribution in [2.75, 3.05) is 6.38 Å². The molecule has 0 radical (unpaired) electrons. The van der Waals surface area contributed by atoms with Gasteiger partial charge in [0, 0.05) is 13.3 Å². The Morgan fingerprint density at radius 1 is 1.57 bits per heavy atom. The summed E-state index contributed by atoms with van der Waals surface area (Å²) < 4.78 is 0. The highest BCUT2D eigenvalue weighted by Gasteiger charge is 1.65. The van der Waals surface area contributed by atoms with Crippen LogP contribution < -0.4 is 0 Å². The van der Waals surface area contributed by atoms with Crippen LogP contribution in [0.15, 0.2) is 0 Å². The molecule has 0 aromatic carbocycles. The highest BCUT2D eigenvalue weighted by atomic mass is 35.5. The summed E-state index contributed by atoms with van der Waals surface area (Å²) >= 11 is 4.64. The first-order valence-corrected chi connectivity index (χ1v) is 2.06. The van der Waals surface area contributed by atoms with Crippen LogP contribution in [0.25, 0.3) is 0 Å². The van der Waals surface area contributed by atoms with Gasteiger partial charge in [0.25, 0.3) is 5.97 Å². The van der Waals surface area contributed by atoms with Crippen molar-refractivity contribution in [1.29, 1.82) is 0 Å². The number of halogens is 2. The van der Waals surface area contributed by atoms with Gasteiger partial charge in [0.2, 0.25) is 0 Å². The minimum Gasteiger partial charge on any atom is -0.481 e. The third kappa shape index (κ3) is 39700. The summed E-state index contributed by atoms with van der Waals surface area (Å²) in [5.74, 6) is -0.833. The second-order valence-electron chi connectivity index (χ2n) is 0.519. The Labute approximate surface area is 53.9 Å². The monoisotopic (exact) mass is 146 g/mol. The Hall–Kier alpha value is 0.0500. The lowest BCUT2D eigenvalue weighted by Gasteiger charge is -1.59. The number of carboxylic acids is 1. The number of rotatable bonds is 0. The average Bonchev–Trinajstić information content (AvgIpc) is 1.41. The summed E-state index contributed by atoms with van der Waals surface area (Å²) in [6.45, 7) is 1.08. The zero-order valence-electron chi connectivity index (χ0n) is 4.14. The van der Waals surface area contributed by atoms with Gasteiger partial charge in [0.15, 0.2) is 0 Å². The van der Waals surface area contributed by atoms with Crippen molar-refractivity contribution in [2.24, 2.45) is 0 Å². The average molecular weight is 147 g/mol. The summed E-state index contributed by atoms with van der Waals surface area (Å²) in [5, 5.41) is 7.42.